The normalized spacial score (nSPS) is 18.3. The molecular formula is C17H26BrN3O2. The molecule has 1 aliphatic heterocycles. The minimum atomic E-state index is 0.575. The molecule has 5 nitrogen and oxygen atoms in total. The van der Waals surface area contributed by atoms with Crippen molar-refractivity contribution in [1.29, 1.82) is 0 Å². The Labute approximate surface area is 147 Å². The Bertz CT molecular complexity index is 493. The summed E-state index contributed by atoms with van der Waals surface area (Å²) >= 11 is 3.42. The third-order valence-electron chi connectivity index (χ3n) is 3.76. The van der Waals surface area contributed by atoms with Gasteiger partial charge in [0, 0.05) is 37.1 Å². The van der Waals surface area contributed by atoms with Crippen LogP contribution < -0.4 is 10.1 Å². The van der Waals surface area contributed by atoms with Gasteiger partial charge in [-0.3, -0.25) is 0 Å². The molecule has 1 N–H and O–H groups in total. The van der Waals surface area contributed by atoms with Gasteiger partial charge in [-0.1, -0.05) is 15.9 Å². The van der Waals surface area contributed by atoms with Crippen LogP contribution in [0.5, 0.6) is 5.75 Å². The second-order valence-electron chi connectivity index (χ2n) is 5.59. The van der Waals surface area contributed by atoms with Gasteiger partial charge in [-0.2, -0.15) is 0 Å². The number of nitrogens with zero attached hydrogens (tertiary/aromatic N) is 2. The molecule has 6 heteroatoms. The molecule has 0 amide bonds. The van der Waals surface area contributed by atoms with E-state index in [-0.39, 0.29) is 0 Å². The highest BCUT2D eigenvalue weighted by Crippen LogP contribution is 2.17. The molecule has 1 fully saturated rings. The maximum Gasteiger partial charge on any atom is 0.194 e. The van der Waals surface area contributed by atoms with Crippen molar-refractivity contribution < 1.29 is 9.47 Å². The molecule has 0 aromatic heterocycles. The van der Waals surface area contributed by atoms with Gasteiger partial charge in [-0.25, -0.2) is 4.99 Å². The lowest BCUT2D eigenvalue weighted by atomic mass is 10.1. The van der Waals surface area contributed by atoms with Crippen LogP contribution in [-0.4, -0.2) is 57.4 Å². The molecule has 0 saturated carbocycles. The number of rotatable bonds is 7. The van der Waals surface area contributed by atoms with Gasteiger partial charge < -0.3 is 19.7 Å². The van der Waals surface area contributed by atoms with Crippen molar-refractivity contribution in [2.24, 2.45) is 10.9 Å². The highest BCUT2D eigenvalue weighted by atomic mass is 79.9. The summed E-state index contributed by atoms with van der Waals surface area (Å²) in [7, 11) is 1.77. The number of ether oxygens (including phenoxy) is 2. The van der Waals surface area contributed by atoms with E-state index in [1.807, 2.05) is 24.3 Å². The smallest absolute Gasteiger partial charge is 0.194 e. The summed E-state index contributed by atoms with van der Waals surface area (Å²) < 4.78 is 12.0. The first kappa shape index (κ1) is 18.1. The van der Waals surface area contributed by atoms with Crippen molar-refractivity contribution in [2.45, 2.75) is 13.3 Å². The summed E-state index contributed by atoms with van der Waals surface area (Å²) in [5, 5.41) is 3.37. The predicted molar refractivity (Wildman–Crippen MR) is 97.2 cm³/mol. The lowest BCUT2D eigenvalue weighted by molar-refractivity contribution is 0.157. The zero-order chi connectivity index (χ0) is 16.5. The average Bonchev–Trinajstić information content (AvgIpc) is 3.01. The van der Waals surface area contributed by atoms with Gasteiger partial charge in [0.15, 0.2) is 5.96 Å². The van der Waals surface area contributed by atoms with Crippen LogP contribution in [0, 0.1) is 5.92 Å². The monoisotopic (exact) mass is 383 g/mol. The average molecular weight is 384 g/mol. The van der Waals surface area contributed by atoms with E-state index >= 15 is 0 Å². The van der Waals surface area contributed by atoms with E-state index in [9.17, 15) is 0 Å². The summed E-state index contributed by atoms with van der Waals surface area (Å²) in [6.45, 7) is 7.05. The molecule has 2 rings (SSSR count). The van der Waals surface area contributed by atoms with Crippen LogP contribution >= 0.6 is 15.9 Å². The Morgan fingerprint density at radius 1 is 1.39 bits per heavy atom. The molecule has 1 aromatic carbocycles. The molecule has 0 spiro atoms. The Morgan fingerprint density at radius 3 is 2.87 bits per heavy atom. The number of halogens is 1. The molecule has 1 heterocycles. The Hall–Kier alpha value is -1.27. The number of hydrogen-bond donors (Lipinski definition) is 1. The summed E-state index contributed by atoms with van der Waals surface area (Å²) in [6.07, 6.45) is 1.16. The fourth-order valence-electron chi connectivity index (χ4n) is 2.67. The van der Waals surface area contributed by atoms with Gasteiger partial charge >= 0.3 is 0 Å². The fraction of sp³-hybridized carbons (Fsp3) is 0.588. The second-order valence-corrected chi connectivity index (χ2v) is 6.51. The molecule has 1 atom stereocenters. The lowest BCUT2D eigenvalue weighted by Gasteiger charge is -2.21. The predicted octanol–water partition coefficient (Wildman–Crippen LogP) is 2.76. The largest absolute Gasteiger partial charge is 0.492 e. The number of aliphatic imine (C=N–C) groups is 1. The Morgan fingerprint density at radius 2 is 2.17 bits per heavy atom. The van der Waals surface area contributed by atoms with E-state index in [2.05, 4.69) is 38.1 Å². The highest BCUT2D eigenvalue weighted by molar-refractivity contribution is 9.10. The molecule has 1 saturated heterocycles. The minimum absolute atomic E-state index is 0.575. The van der Waals surface area contributed by atoms with Gasteiger partial charge in [0.1, 0.15) is 12.4 Å². The fourth-order valence-corrected chi connectivity index (χ4v) is 2.93. The van der Waals surface area contributed by atoms with Crippen LogP contribution in [0.3, 0.4) is 0 Å². The number of likely N-dealkylation sites (tertiary alicyclic amines) is 1. The van der Waals surface area contributed by atoms with Crippen molar-refractivity contribution in [1.82, 2.24) is 10.2 Å². The number of benzene rings is 1. The van der Waals surface area contributed by atoms with E-state index in [1.54, 1.807) is 7.11 Å². The summed E-state index contributed by atoms with van der Waals surface area (Å²) in [5.41, 5.74) is 0. The van der Waals surface area contributed by atoms with Crippen LogP contribution in [0.2, 0.25) is 0 Å². The quantitative estimate of drug-likeness (QED) is 0.446. The van der Waals surface area contributed by atoms with Crippen LogP contribution in [0.1, 0.15) is 13.3 Å². The van der Waals surface area contributed by atoms with Crippen molar-refractivity contribution in [3.8, 4) is 5.75 Å². The van der Waals surface area contributed by atoms with Gasteiger partial charge in [0.25, 0.3) is 0 Å². The molecular weight excluding hydrogens is 358 g/mol. The van der Waals surface area contributed by atoms with E-state index in [4.69, 9.17) is 9.47 Å². The molecule has 0 radical (unpaired) electrons. The van der Waals surface area contributed by atoms with E-state index in [1.165, 1.54) is 0 Å². The molecule has 0 aliphatic carbocycles. The van der Waals surface area contributed by atoms with E-state index in [0.29, 0.717) is 19.1 Å². The van der Waals surface area contributed by atoms with Gasteiger partial charge in [-0.15, -0.1) is 0 Å². The third-order valence-corrected chi connectivity index (χ3v) is 4.29. The Kier molecular flexibility index (Phi) is 7.68. The summed E-state index contributed by atoms with van der Waals surface area (Å²) in [4.78, 5) is 6.99. The number of nitrogens with one attached hydrogen (secondary N) is 1. The lowest BCUT2D eigenvalue weighted by Crippen LogP contribution is -2.40. The van der Waals surface area contributed by atoms with Crippen molar-refractivity contribution >= 4 is 21.9 Å². The minimum Gasteiger partial charge on any atom is -0.492 e. The van der Waals surface area contributed by atoms with E-state index < -0.39 is 0 Å². The highest BCUT2D eigenvalue weighted by Gasteiger charge is 2.24. The first-order chi connectivity index (χ1) is 11.2. The molecule has 1 aromatic rings. The molecule has 0 bridgehead atoms. The van der Waals surface area contributed by atoms with Crippen LogP contribution in [0.25, 0.3) is 0 Å². The number of guanidine groups is 1. The standard InChI is InChI=1S/C17H26BrN3O2/c1-3-19-17(21-10-8-14(12-21)13-22-2)20-9-11-23-16-6-4-15(18)5-7-16/h4-7,14H,3,8-13H2,1-2H3,(H,19,20). The van der Waals surface area contributed by atoms with Crippen LogP contribution in [-0.2, 0) is 4.74 Å². The Balaban J connectivity index is 1.80. The summed E-state index contributed by atoms with van der Waals surface area (Å²) in [6, 6.07) is 7.86. The van der Waals surface area contributed by atoms with E-state index in [0.717, 1.165) is 48.8 Å². The first-order valence-corrected chi connectivity index (χ1v) is 8.92. The van der Waals surface area contributed by atoms with Gasteiger partial charge in [-0.05, 0) is 37.6 Å². The SMILES string of the molecule is CCNC(=NCCOc1ccc(Br)cc1)N1CCC(COC)C1. The number of methoxy groups -OCH3 is 1. The van der Waals surface area contributed by atoms with Gasteiger partial charge in [0.05, 0.1) is 13.2 Å². The maximum atomic E-state index is 5.72. The van der Waals surface area contributed by atoms with Crippen LogP contribution in [0.4, 0.5) is 0 Å². The molecule has 128 valence electrons. The third kappa shape index (κ3) is 6.03. The molecule has 1 unspecified atom stereocenters. The molecule has 1 aliphatic rings. The topological polar surface area (TPSA) is 46.1 Å². The van der Waals surface area contributed by atoms with Crippen LogP contribution in [0.15, 0.2) is 33.7 Å². The zero-order valence-electron chi connectivity index (χ0n) is 13.9. The maximum absolute atomic E-state index is 5.72. The van der Waals surface area contributed by atoms with Gasteiger partial charge in [0.2, 0.25) is 0 Å². The van der Waals surface area contributed by atoms with Crippen molar-refractivity contribution in [3.63, 3.8) is 0 Å². The number of hydrogen-bond acceptors (Lipinski definition) is 3. The summed E-state index contributed by atoms with van der Waals surface area (Å²) in [5.74, 6) is 2.45. The van der Waals surface area contributed by atoms with Crippen molar-refractivity contribution in [2.75, 3.05) is 46.5 Å². The first-order valence-electron chi connectivity index (χ1n) is 8.13. The van der Waals surface area contributed by atoms with Crippen molar-refractivity contribution in [3.05, 3.63) is 28.7 Å². The zero-order valence-corrected chi connectivity index (χ0v) is 15.5. The second kappa shape index (κ2) is 9.78. The molecule has 23 heavy (non-hydrogen) atoms.